The molecule has 1 amide bonds. The van der Waals surface area contributed by atoms with E-state index < -0.39 is 23.6 Å². The average Bonchev–Trinajstić information content (AvgIpc) is 3.35. The maximum absolute atomic E-state index is 13.6. The summed E-state index contributed by atoms with van der Waals surface area (Å²) in [7, 11) is 0. The summed E-state index contributed by atoms with van der Waals surface area (Å²) in [6, 6.07) is 5.71. The van der Waals surface area contributed by atoms with Crippen LogP contribution in [0.2, 0.25) is 0 Å². The van der Waals surface area contributed by atoms with Crippen LogP contribution in [0.4, 0.5) is 17.6 Å². The number of fused-ring (bicyclic) bond motifs is 1. The Balaban J connectivity index is 1.75. The number of carbonyl (C=O) groups is 1. The summed E-state index contributed by atoms with van der Waals surface area (Å²) in [5.41, 5.74) is -1.16. The molecular formula is C19H16F4N4O2. The summed E-state index contributed by atoms with van der Waals surface area (Å²) in [6.07, 6.45) is -2.09. The van der Waals surface area contributed by atoms with Crippen LogP contribution in [0.5, 0.6) is 0 Å². The molecule has 0 saturated carbocycles. The first-order chi connectivity index (χ1) is 13.8. The van der Waals surface area contributed by atoms with Crippen molar-refractivity contribution in [3.05, 3.63) is 53.6 Å². The fraction of sp³-hybridized carbons (Fsp3) is 0.316. The first kappa shape index (κ1) is 19.3. The molecule has 0 bridgehead atoms. The number of hydrogen-bond donors (Lipinski definition) is 1. The molecule has 0 radical (unpaired) electrons. The van der Waals surface area contributed by atoms with Crippen LogP contribution in [0.25, 0.3) is 16.9 Å². The third-order valence-corrected chi connectivity index (χ3v) is 4.66. The zero-order valence-corrected chi connectivity index (χ0v) is 15.0. The van der Waals surface area contributed by atoms with E-state index in [1.54, 1.807) is 0 Å². The minimum Gasteiger partial charge on any atom is -0.376 e. The minimum absolute atomic E-state index is 0.0431. The van der Waals surface area contributed by atoms with E-state index >= 15 is 0 Å². The Kier molecular flexibility index (Phi) is 4.95. The lowest BCUT2D eigenvalue weighted by molar-refractivity contribution is -0.142. The fourth-order valence-corrected chi connectivity index (χ4v) is 3.20. The Morgan fingerprint density at radius 1 is 1.28 bits per heavy atom. The monoisotopic (exact) mass is 408 g/mol. The summed E-state index contributed by atoms with van der Waals surface area (Å²) < 4.78 is 59.9. The van der Waals surface area contributed by atoms with E-state index in [-0.39, 0.29) is 35.1 Å². The summed E-state index contributed by atoms with van der Waals surface area (Å²) in [6.45, 7) is 0.870. The van der Waals surface area contributed by atoms with Crippen molar-refractivity contribution in [2.45, 2.75) is 25.1 Å². The minimum atomic E-state index is -4.73. The molecule has 29 heavy (non-hydrogen) atoms. The molecule has 3 aromatic rings. The number of ether oxygens (including phenoxy) is 1. The molecule has 1 saturated heterocycles. The van der Waals surface area contributed by atoms with Gasteiger partial charge in [0.15, 0.2) is 11.3 Å². The molecule has 1 fully saturated rings. The average molecular weight is 408 g/mol. The Labute approximate surface area is 162 Å². The number of benzene rings is 1. The van der Waals surface area contributed by atoms with Crippen molar-refractivity contribution in [2.24, 2.45) is 0 Å². The predicted molar refractivity (Wildman–Crippen MR) is 94.7 cm³/mol. The van der Waals surface area contributed by atoms with Gasteiger partial charge < -0.3 is 10.1 Å². The lowest BCUT2D eigenvalue weighted by atomic mass is 10.1. The number of nitrogens with zero attached hydrogens (tertiary/aromatic N) is 3. The van der Waals surface area contributed by atoms with Crippen LogP contribution in [-0.4, -0.2) is 39.8 Å². The highest BCUT2D eigenvalue weighted by atomic mass is 19.4. The molecule has 6 nitrogen and oxygen atoms in total. The SMILES string of the molecule is O=C(NC[C@@H]1CCCO1)c1cnn2c(C(F)(F)F)cc(-c3ccc(F)cc3)nc12. The molecule has 2 aromatic heterocycles. The fourth-order valence-electron chi connectivity index (χ4n) is 3.20. The molecule has 3 heterocycles. The van der Waals surface area contributed by atoms with Crippen LogP contribution >= 0.6 is 0 Å². The molecule has 10 heteroatoms. The highest BCUT2D eigenvalue weighted by molar-refractivity contribution is 5.99. The van der Waals surface area contributed by atoms with Gasteiger partial charge in [-0.15, -0.1) is 0 Å². The van der Waals surface area contributed by atoms with Gasteiger partial charge in [0.05, 0.1) is 18.0 Å². The molecule has 4 rings (SSSR count). The molecule has 1 N–H and O–H groups in total. The second kappa shape index (κ2) is 7.43. The summed E-state index contributed by atoms with van der Waals surface area (Å²) >= 11 is 0. The summed E-state index contributed by atoms with van der Waals surface area (Å²) in [5.74, 6) is -1.11. The lowest BCUT2D eigenvalue weighted by Crippen LogP contribution is -2.31. The summed E-state index contributed by atoms with van der Waals surface area (Å²) in [5, 5.41) is 6.37. The Hall–Kier alpha value is -3.01. The zero-order chi connectivity index (χ0) is 20.6. The number of aromatic nitrogens is 3. The zero-order valence-electron chi connectivity index (χ0n) is 15.0. The van der Waals surface area contributed by atoms with E-state index in [0.717, 1.165) is 37.2 Å². The van der Waals surface area contributed by atoms with Crippen molar-refractivity contribution in [3.63, 3.8) is 0 Å². The van der Waals surface area contributed by atoms with Crippen molar-refractivity contribution in [1.82, 2.24) is 19.9 Å². The Morgan fingerprint density at radius 3 is 2.69 bits per heavy atom. The molecule has 0 aliphatic carbocycles. The van der Waals surface area contributed by atoms with Gasteiger partial charge in [-0.05, 0) is 43.2 Å². The predicted octanol–water partition coefficient (Wildman–Crippen LogP) is 3.46. The Morgan fingerprint density at radius 2 is 2.03 bits per heavy atom. The van der Waals surface area contributed by atoms with Gasteiger partial charge in [0.25, 0.3) is 5.91 Å². The van der Waals surface area contributed by atoms with Gasteiger partial charge in [0, 0.05) is 18.7 Å². The second-order valence-electron chi connectivity index (χ2n) is 6.67. The van der Waals surface area contributed by atoms with E-state index in [1.165, 1.54) is 12.1 Å². The van der Waals surface area contributed by atoms with Crippen molar-refractivity contribution >= 4 is 11.6 Å². The van der Waals surface area contributed by atoms with Gasteiger partial charge in [-0.1, -0.05) is 0 Å². The van der Waals surface area contributed by atoms with Gasteiger partial charge in [-0.3, -0.25) is 4.79 Å². The van der Waals surface area contributed by atoms with Gasteiger partial charge in [0.1, 0.15) is 11.4 Å². The number of amides is 1. The van der Waals surface area contributed by atoms with E-state index in [9.17, 15) is 22.4 Å². The van der Waals surface area contributed by atoms with Crippen LogP contribution < -0.4 is 5.32 Å². The molecule has 1 aromatic carbocycles. The number of rotatable bonds is 4. The van der Waals surface area contributed by atoms with E-state index in [0.29, 0.717) is 11.1 Å². The van der Waals surface area contributed by atoms with Crippen molar-refractivity contribution in [3.8, 4) is 11.3 Å². The van der Waals surface area contributed by atoms with Crippen molar-refractivity contribution < 1.29 is 27.1 Å². The highest BCUT2D eigenvalue weighted by Gasteiger charge is 2.36. The van der Waals surface area contributed by atoms with Crippen LogP contribution in [0.3, 0.4) is 0 Å². The number of nitrogens with one attached hydrogen (secondary N) is 1. The lowest BCUT2D eigenvalue weighted by Gasteiger charge is -2.12. The van der Waals surface area contributed by atoms with Gasteiger partial charge in [0.2, 0.25) is 0 Å². The standard InChI is InChI=1S/C19H16F4N4O2/c20-12-5-3-11(4-6-12)15-8-16(19(21,22)23)27-17(26-15)14(10-25-27)18(28)24-9-13-2-1-7-29-13/h3-6,8,10,13H,1-2,7,9H2,(H,24,28)/t13-/m0/s1. The maximum atomic E-state index is 13.6. The first-order valence-corrected chi connectivity index (χ1v) is 8.94. The first-order valence-electron chi connectivity index (χ1n) is 8.94. The van der Waals surface area contributed by atoms with Crippen LogP contribution in [-0.2, 0) is 10.9 Å². The number of alkyl halides is 3. The summed E-state index contributed by atoms with van der Waals surface area (Å²) in [4.78, 5) is 16.7. The van der Waals surface area contributed by atoms with Crippen LogP contribution in [0, 0.1) is 5.82 Å². The van der Waals surface area contributed by atoms with Crippen molar-refractivity contribution in [2.75, 3.05) is 13.2 Å². The topological polar surface area (TPSA) is 68.5 Å². The highest BCUT2D eigenvalue weighted by Crippen LogP contribution is 2.32. The van der Waals surface area contributed by atoms with Crippen LogP contribution in [0.15, 0.2) is 36.5 Å². The van der Waals surface area contributed by atoms with Crippen LogP contribution in [0.1, 0.15) is 28.9 Å². The quantitative estimate of drug-likeness (QED) is 0.672. The van der Waals surface area contributed by atoms with E-state index in [1.807, 2.05) is 0 Å². The molecule has 1 aliphatic rings. The molecule has 0 spiro atoms. The van der Waals surface area contributed by atoms with Gasteiger partial charge in [-0.25, -0.2) is 13.9 Å². The number of carbonyl (C=O) groups excluding carboxylic acids is 1. The van der Waals surface area contributed by atoms with Crippen molar-refractivity contribution in [1.29, 1.82) is 0 Å². The largest absolute Gasteiger partial charge is 0.433 e. The second-order valence-corrected chi connectivity index (χ2v) is 6.67. The Bertz CT molecular complexity index is 1040. The molecule has 152 valence electrons. The molecule has 1 atom stereocenters. The third kappa shape index (κ3) is 3.93. The number of halogens is 4. The smallest absolute Gasteiger partial charge is 0.376 e. The normalized spacial score (nSPS) is 17.0. The van der Waals surface area contributed by atoms with E-state index in [2.05, 4.69) is 15.4 Å². The van der Waals surface area contributed by atoms with Gasteiger partial charge >= 0.3 is 6.18 Å². The van der Waals surface area contributed by atoms with Gasteiger partial charge in [-0.2, -0.15) is 18.3 Å². The van der Waals surface area contributed by atoms with E-state index in [4.69, 9.17) is 4.74 Å². The number of hydrogen-bond acceptors (Lipinski definition) is 4. The molecule has 0 unspecified atom stereocenters. The maximum Gasteiger partial charge on any atom is 0.433 e. The third-order valence-electron chi connectivity index (χ3n) is 4.66. The molecular weight excluding hydrogens is 392 g/mol. The molecule has 1 aliphatic heterocycles.